The molecule has 14 nitrogen and oxygen atoms in total. The first-order chi connectivity index (χ1) is 20.3. The summed E-state index contributed by atoms with van der Waals surface area (Å²) in [5.74, 6) is -0.698. The second kappa shape index (κ2) is 30.8. The van der Waals surface area contributed by atoms with Crippen LogP contribution in [-0.4, -0.2) is 109 Å². The summed E-state index contributed by atoms with van der Waals surface area (Å²) in [6, 6.07) is -0.717. The van der Waals surface area contributed by atoms with Crippen LogP contribution in [0.4, 0.5) is 0 Å². The maximum absolute atomic E-state index is 12.8. The van der Waals surface area contributed by atoms with Gasteiger partial charge < -0.3 is 39.8 Å². The summed E-state index contributed by atoms with van der Waals surface area (Å²) >= 11 is 0. The van der Waals surface area contributed by atoms with Gasteiger partial charge in [-0.05, 0) is 45.4 Å². The lowest BCUT2D eigenvalue weighted by molar-refractivity contribution is -0.129. The average Bonchev–Trinajstić information content (AvgIpc) is 2.96. The molecule has 3 amide bonds. The fourth-order valence-electron chi connectivity index (χ4n) is 3.26. The molecule has 0 aromatic heterocycles. The molecule has 0 aliphatic rings. The first-order valence-electron chi connectivity index (χ1n) is 14.8. The number of methoxy groups -OCH3 is 2. The van der Waals surface area contributed by atoms with E-state index in [-0.39, 0.29) is 50.4 Å². The van der Waals surface area contributed by atoms with Gasteiger partial charge in [0.1, 0.15) is 6.04 Å². The highest BCUT2D eigenvalue weighted by molar-refractivity contribution is 7.47. The standard InChI is InChI=1S/C25H50N3O11P.C2H6/c1-4-38-40(32,33)39-15-9-5-7-14-27-25(31)22(28-24(30)12-17-37-21-19-35-3)10-6-8-13-26-23(29)11-16-36-20-18-34-2;1-2/h22H,4-21H2,1-3H3,(H,26,29)(H,27,31)(H,28,30)(H,32,33);1-2H3. The van der Waals surface area contributed by atoms with E-state index in [0.29, 0.717) is 84.6 Å². The zero-order valence-corrected chi connectivity index (χ0v) is 27.2. The van der Waals surface area contributed by atoms with Crippen molar-refractivity contribution in [3.8, 4) is 0 Å². The van der Waals surface area contributed by atoms with E-state index in [4.69, 9.17) is 23.5 Å². The molecule has 2 unspecified atom stereocenters. The summed E-state index contributed by atoms with van der Waals surface area (Å²) in [5, 5.41) is 8.43. The lowest BCUT2D eigenvalue weighted by Gasteiger charge is -2.19. The van der Waals surface area contributed by atoms with Gasteiger partial charge in [0.2, 0.25) is 17.7 Å². The second-order valence-electron chi connectivity index (χ2n) is 8.75. The van der Waals surface area contributed by atoms with Gasteiger partial charge in [-0.25, -0.2) is 4.57 Å². The van der Waals surface area contributed by atoms with Crippen LogP contribution in [0.1, 0.15) is 72.1 Å². The number of phosphoric acid groups is 1. The molecular weight excluding hydrogens is 573 g/mol. The van der Waals surface area contributed by atoms with Gasteiger partial charge in [0, 0.05) is 40.2 Å². The van der Waals surface area contributed by atoms with E-state index in [0.717, 1.165) is 0 Å². The lowest BCUT2D eigenvalue weighted by atomic mass is 10.1. The van der Waals surface area contributed by atoms with Crippen LogP contribution in [0.15, 0.2) is 0 Å². The minimum Gasteiger partial charge on any atom is -0.382 e. The van der Waals surface area contributed by atoms with Crippen LogP contribution in [0.5, 0.6) is 0 Å². The molecule has 15 heteroatoms. The van der Waals surface area contributed by atoms with E-state index in [2.05, 4.69) is 20.5 Å². The molecule has 250 valence electrons. The van der Waals surface area contributed by atoms with Gasteiger partial charge >= 0.3 is 7.82 Å². The Morgan fingerprint density at radius 3 is 1.88 bits per heavy atom. The molecule has 0 aliphatic heterocycles. The molecular formula is C27H56N3O11P. The predicted molar refractivity (Wildman–Crippen MR) is 159 cm³/mol. The van der Waals surface area contributed by atoms with Crippen LogP contribution in [0, 0.1) is 0 Å². The molecule has 0 aromatic carbocycles. The van der Waals surface area contributed by atoms with Gasteiger partial charge in [0.05, 0.1) is 52.9 Å². The monoisotopic (exact) mass is 629 g/mol. The van der Waals surface area contributed by atoms with Crippen molar-refractivity contribution in [1.29, 1.82) is 0 Å². The van der Waals surface area contributed by atoms with Crippen LogP contribution in [0.25, 0.3) is 0 Å². The molecule has 0 fully saturated rings. The quantitative estimate of drug-likeness (QED) is 0.0737. The minimum absolute atomic E-state index is 0.0736. The van der Waals surface area contributed by atoms with Crippen LogP contribution >= 0.6 is 7.82 Å². The number of carbonyl (C=O) groups excluding carboxylic acids is 3. The van der Waals surface area contributed by atoms with Gasteiger partial charge in [-0.2, -0.15) is 0 Å². The van der Waals surface area contributed by atoms with Crippen LogP contribution in [0.3, 0.4) is 0 Å². The summed E-state index contributed by atoms with van der Waals surface area (Å²) < 4.78 is 41.3. The highest BCUT2D eigenvalue weighted by Gasteiger charge is 2.21. The number of hydrogen-bond acceptors (Lipinski definition) is 10. The zero-order chi connectivity index (χ0) is 31.9. The maximum Gasteiger partial charge on any atom is 0.472 e. The van der Waals surface area contributed by atoms with Crippen molar-refractivity contribution >= 4 is 25.5 Å². The molecule has 2 atom stereocenters. The van der Waals surface area contributed by atoms with E-state index in [1.54, 1.807) is 21.1 Å². The Morgan fingerprint density at radius 2 is 1.29 bits per heavy atom. The van der Waals surface area contributed by atoms with Crippen molar-refractivity contribution in [3.63, 3.8) is 0 Å². The normalized spacial score (nSPS) is 12.9. The Hall–Kier alpha value is -1.64. The number of rotatable bonds is 28. The molecule has 0 aromatic rings. The van der Waals surface area contributed by atoms with Gasteiger partial charge in [0.15, 0.2) is 0 Å². The molecule has 0 rings (SSSR count). The Kier molecular flexibility index (Phi) is 31.2. The zero-order valence-electron chi connectivity index (χ0n) is 26.3. The number of carbonyl (C=O) groups is 3. The largest absolute Gasteiger partial charge is 0.472 e. The maximum atomic E-state index is 12.8. The fraction of sp³-hybridized carbons (Fsp3) is 0.889. The lowest BCUT2D eigenvalue weighted by Crippen LogP contribution is -2.47. The van der Waals surface area contributed by atoms with E-state index < -0.39 is 13.9 Å². The van der Waals surface area contributed by atoms with E-state index >= 15 is 0 Å². The number of unbranched alkanes of at least 4 members (excludes halogenated alkanes) is 3. The Balaban J connectivity index is 0. The van der Waals surface area contributed by atoms with Crippen molar-refractivity contribution in [1.82, 2.24) is 16.0 Å². The predicted octanol–water partition coefficient (Wildman–Crippen LogP) is 2.33. The van der Waals surface area contributed by atoms with Gasteiger partial charge in [0.25, 0.3) is 0 Å². The highest BCUT2D eigenvalue weighted by atomic mass is 31.2. The van der Waals surface area contributed by atoms with Crippen LogP contribution in [0.2, 0.25) is 0 Å². The van der Waals surface area contributed by atoms with Gasteiger partial charge in [-0.3, -0.25) is 23.4 Å². The van der Waals surface area contributed by atoms with Crippen LogP contribution in [-0.2, 0) is 46.9 Å². The van der Waals surface area contributed by atoms with Gasteiger partial charge in [-0.15, -0.1) is 0 Å². The number of amides is 3. The summed E-state index contributed by atoms with van der Waals surface area (Å²) in [5.41, 5.74) is 0. The molecule has 0 saturated heterocycles. The molecule has 4 N–H and O–H groups in total. The molecule has 0 aliphatic carbocycles. The summed E-state index contributed by atoms with van der Waals surface area (Å²) in [4.78, 5) is 46.4. The summed E-state index contributed by atoms with van der Waals surface area (Å²) in [6.45, 7) is 8.87. The molecule has 0 heterocycles. The Morgan fingerprint density at radius 1 is 0.714 bits per heavy atom. The third-order valence-corrected chi connectivity index (χ3v) is 6.46. The smallest absolute Gasteiger partial charge is 0.382 e. The molecule has 0 spiro atoms. The van der Waals surface area contributed by atoms with Crippen molar-refractivity contribution < 1.29 is 51.8 Å². The third kappa shape index (κ3) is 28.5. The topological polar surface area (TPSA) is 180 Å². The fourth-order valence-corrected chi connectivity index (χ4v) is 4.02. The van der Waals surface area contributed by atoms with Crippen molar-refractivity contribution in [2.75, 3.05) is 80.2 Å². The SMILES string of the molecule is CC.CCOP(=O)(O)OCCCCCNC(=O)C(CCCCNC(=O)CCOCCOC)NC(=O)CCOCCOC. The summed E-state index contributed by atoms with van der Waals surface area (Å²) in [6.07, 6.45) is 3.88. The van der Waals surface area contributed by atoms with E-state index in [1.165, 1.54) is 0 Å². The molecule has 0 bridgehead atoms. The number of nitrogens with one attached hydrogen (secondary N) is 3. The first kappa shape index (κ1) is 42.5. The van der Waals surface area contributed by atoms with Crippen LogP contribution < -0.4 is 16.0 Å². The number of hydrogen-bond donors (Lipinski definition) is 4. The van der Waals surface area contributed by atoms with Crippen molar-refractivity contribution in [2.24, 2.45) is 0 Å². The molecule has 0 saturated carbocycles. The van der Waals surface area contributed by atoms with E-state index in [9.17, 15) is 23.8 Å². The highest BCUT2D eigenvalue weighted by Crippen LogP contribution is 2.42. The molecule has 42 heavy (non-hydrogen) atoms. The average molecular weight is 630 g/mol. The summed E-state index contributed by atoms with van der Waals surface area (Å²) in [7, 11) is -0.850. The molecule has 0 radical (unpaired) electrons. The van der Waals surface area contributed by atoms with Crippen molar-refractivity contribution in [3.05, 3.63) is 0 Å². The minimum atomic E-state index is -3.99. The first-order valence-corrected chi connectivity index (χ1v) is 16.3. The van der Waals surface area contributed by atoms with Gasteiger partial charge in [-0.1, -0.05) is 13.8 Å². The number of phosphoric ester groups is 1. The Bertz CT molecular complexity index is 717. The second-order valence-corrected chi connectivity index (χ2v) is 10.2. The Labute approximate surface area is 251 Å². The van der Waals surface area contributed by atoms with Crippen molar-refractivity contribution in [2.45, 2.75) is 78.2 Å². The number of ether oxygens (including phenoxy) is 4. The third-order valence-electron chi connectivity index (χ3n) is 5.37. The van der Waals surface area contributed by atoms with E-state index in [1.807, 2.05) is 13.8 Å².